The van der Waals surface area contributed by atoms with Crippen LogP contribution in [0.2, 0.25) is 0 Å². The summed E-state index contributed by atoms with van der Waals surface area (Å²) in [5.74, 6) is -2.16. The number of carboxylic acid groups (broad SMARTS) is 1. The molecule has 2 atom stereocenters. The van der Waals surface area contributed by atoms with Crippen molar-refractivity contribution < 1.29 is 24.2 Å². The van der Waals surface area contributed by atoms with Crippen molar-refractivity contribution in [2.75, 3.05) is 7.11 Å². The van der Waals surface area contributed by atoms with Gasteiger partial charge in [-0.3, -0.25) is 19.3 Å². The lowest BCUT2D eigenvalue weighted by Gasteiger charge is -2.18. The van der Waals surface area contributed by atoms with Crippen LogP contribution in [0.3, 0.4) is 0 Å². The lowest BCUT2D eigenvalue weighted by atomic mass is 10.1. The molecule has 1 saturated carbocycles. The Hall–Kier alpha value is -2.37. The molecule has 6 nitrogen and oxygen atoms in total. The topological polar surface area (TPSA) is 83.9 Å². The van der Waals surface area contributed by atoms with Crippen LogP contribution in [0, 0.1) is 11.3 Å². The zero-order valence-electron chi connectivity index (χ0n) is 10.8. The maximum atomic E-state index is 12.1. The van der Waals surface area contributed by atoms with Crippen LogP contribution in [0.1, 0.15) is 12.0 Å². The van der Waals surface area contributed by atoms with Gasteiger partial charge >= 0.3 is 5.97 Å². The van der Waals surface area contributed by atoms with E-state index in [-0.39, 0.29) is 18.9 Å². The number of carbonyl (C=O) groups is 3. The highest BCUT2D eigenvalue weighted by Gasteiger charge is 2.76. The highest BCUT2D eigenvalue weighted by Crippen LogP contribution is 2.59. The minimum absolute atomic E-state index is 0.104. The smallest absolute Gasteiger partial charge is 0.320 e. The molecule has 1 aromatic rings. The van der Waals surface area contributed by atoms with Crippen molar-refractivity contribution in [1.82, 2.24) is 4.90 Å². The van der Waals surface area contributed by atoms with Gasteiger partial charge in [0.25, 0.3) is 0 Å². The predicted molar refractivity (Wildman–Crippen MR) is 66.7 cm³/mol. The fourth-order valence-electron chi connectivity index (χ4n) is 2.72. The van der Waals surface area contributed by atoms with Crippen LogP contribution in [0.15, 0.2) is 24.3 Å². The molecular weight excluding hydrogens is 262 g/mol. The van der Waals surface area contributed by atoms with Gasteiger partial charge in [-0.15, -0.1) is 0 Å². The second-order valence-corrected chi connectivity index (χ2v) is 5.11. The summed E-state index contributed by atoms with van der Waals surface area (Å²) in [6, 6.07) is 6.95. The molecule has 1 N–H and O–H groups in total. The van der Waals surface area contributed by atoms with Crippen LogP contribution in [0.25, 0.3) is 0 Å². The van der Waals surface area contributed by atoms with Gasteiger partial charge in [-0.25, -0.2) is 0 Å². The number of nitrogens with zero attached hydrogens (tertiary/aromatic N) is 1. The third-order valence-electron chi connectivity index (χ3n) is 4.03. The van der Waals surface area contributed by atoms with E-state index in [9.17, 15) is 14.4 Å². The maximum absolute atomic E-state index is 12.1. The Morgan fingerprint density at radius 3 is 2.55 bits per heavy atom. The van der Waals surface area contributed by atoms with Crippen molar-refractivity contribution in [2.45, 2.75) is 13.0 Å². The van der Waals surface area contributed by atoms with E-state index in [2.05, 4.69) is 0 Å². The van der Waals surface area contributed by atoms with E-state index >= 15 is 0 Å². The highest BCUT2D eigenvalue weighted by molar-refractivity contribution is 6.21. The molecule has 1 aliphatic carbocycles. The molecule has 20 heavy (non-hydrogen) atoms. The average Bonchev–Trinajstić information content (AvgIpc) is 3.16. The number of likely N-dealkylation sites (tertiary alicyclic amines) is 1. The molecule has 0 spiro atoms. The first-order valence-electron chi connectivity index (χ1n) is 6.23. The molecule has 2 fully saturated rings. The van der Waals surface area contributed by atoms with Crippen molar-refractivity contribution in [3.8, 4) is 5.75 Å². The van der Waals surface area contributed by atoms with Gasteiger partial charge in [0, 0.05) is 0 Å². The van der Waals surface area contributed by atoms with Crippen molar-refractivity contribution in [3.63, 3.8) is 0 Å². The van der Waals surface area contributed by atoms with Gasteiger partial charge in [0.2, 0.25) is 11.8 Å². The van der Waals surface area contributed by atoms with Crippen LogP contribution in [0.4, 0.5) is 0 Å². The summed E-state index contributed by atoms with van der Waals surface area (Å²) in [5, 5.41) is 9.14. The third-order valence-corrected chi connectivity index (χ3v) is 4.03. The summed E-state index contributed by atoms with van der Waals surface area (Å²) >= 11 is 0. The summed E-state index contributed by atoms with van der Waals surface area (Å²) in [6.45, 7) is 0.104. The molecule has 1 aliphatic heterocycles. The summed E-state index contributed by atoms with van der Waals surface area (Å²) in [5.41, 5.74) is -0.724. The Labute approximate surface area is 114 Å². The number of benzene rings is 1. The molecule has 3 rings (SSSR count). The maximum Gasteiger partial charge on any atom is 0.320 e. The van der Waals surface area contributed by atoms with E-state index in [0.29, 0.717) is 5.75 Å². The molecule has 2 unspecified atom stereocenters. The van der Waals surface area contributed by atoms with Crippen molar-refractivity contribution in [1.29, 1.82) is 0 Å². The number of imide groups is 1. The van der Waals surface area contributed by atoms with Gasteiger partial charge in [0.1, 0.15) is 5.75 Å². The van der Waals surface area contributed by atoms with E-state index < -0.39 is 23.2 Å². The quantitative estimate of drug-likeness (QED) is 0.644. The Balaban J connectivity index is 1.80. The number of methoxy groups -OCH3 is 1. The summed E-state index contributed by atoms with van der Waals surface area (Å²) in [7, 11) is 1.55. The zero-order valence-corrected chi connectivity index (χ0v) is 10.8. The largest absolute Gasteiger partial charge is 0.497 e. The zero-order chi connectivity index (χ0) is 14.5. The number of hydrogen-bond donors (Lipinski definition) is 1. The molecule has 104 valence electrons. The van der Waals surface area contributed by atoms with Gasteiger partial charge in [0.15, 0.2) is 5.41 Å². The molecule has 1 aromatic carbocycles. The van der Waals surface area contributed by atoms with Gasteiger partial charge in [0.05, 0.1) is 19.6 Å². The first-order chi connectivity index (χ1) is 9.50. The lowest BCUT2D eigenvalue weighted by molar-refractivity contribution is -0.152. The molecule has 6 heteroatoms. The van der Waals surface area contributed by atoms with Crippen LogP contribution in [0.5, 0.6) is 5.75 Å². The van der Waals surface area contributed by atoms with Crippen LogP contribution in [-0.2, 0) is 20.9 Å². The van der Waals surface area contributed by atoms with E-state index in [1.807, 2.05) is 0 Å². The summed E-state index contributed by atoms with van der Waals surface area (Å²) in [6.07, 6.45) is 0.138. The number of rotatable bonds is 4. The van der Waals surface area contributed by atoms with Gasteiger partial charge in [-0.2, -0.15) is 0 Å². The normalized spacial score (nSPS) is 27.4. The first kappa shape index (κ1) is 12.7. The Morgan fingerprint density at radius 2 is 2.05 bits per heavy atom. The Morgan fingerprint density at radius 1 is 1.40 bits per heavy atom. The molecular formula is C14H13NO5. The van der Waals surface area contributed by atoms with Crippen molar-refractivity contribution in [2.24, 2.45) is 11.3 Å². The first-order valence-corrected chi connectivity index (χ1v) is 6.23. The number of fused-ring (bicyclic) bond motifs is 1. The van der Waals surface area contributed by atoms with E-state index in [0.717, 1.165) is 10.5 Å². The van der Waals surface area contributed by atoms with Crippen molar-refractivity contribution >= 4 is 17.8 Å². The minimum atomic E-state index is -1.48. The molecule has 0 aromatic heterocycles. The molecule has 2 amide bonds. The van der Waals surface area contributed by atoms with Gasteiger partial charge in [-0.1, -0.05) is 12.1 Å². The predicted octanol–water partition coefficient (Wildman–Crippen LogP) is 0.655. The van der Waals surface area contributed by atoms with Crippen LogP contribution < -0.4 is 4.74 Å². The Kier molecular flexibility index (Phi) is 2.57. The second-order valence-electron chi connectivity index (χ2n) is 5.11. The van der Waals surface area contributed by atoms with Gasteiger partial charge in [-0.05, 0) is 24.1 Å². The van der Waals surface area contributed by atoms with E-state index in [1.54, 1.807) is 31.4 Å². The number of carboxylic acids is 1. The molecule has 0 bridgehead atoms. The van der Waals surface area contributed by atoms with Gasteiger partial charge < -0.3 is 9.84 Å². The van der Waals surface area contributed by atoms with E-state index in [4.69, 9.17) is 9.84 Å². The Bertz CT molecular complexity index is 608. The molecule has 1 heterocycles. The molecule has 1 saturated heterocycles. The summed E-state index contributed by atoms with van der Waals surface area (Å²) < 4.78 is 5.03. The monoisotopic (exact) mass is 275 g/mol. The number of ether oxygens (including phenoxy) is 1. The molecule has 2 aliphatic rings. The fraction of sp³-hybridized carbons (Fsp3) is 0.357. The van der Waals surface area contributed by atoms with Crippen molar-refractivity contribution in [3.05, 3.63) is 29.8 Å². The number of piperidine rings is 1. The average molecular weight is 275 g/mol. The third kappa shape index (κ3) is 1.54. The number of amides is 2. The fourth-order valence-corrected chi connectivity index (χ4v) is 2.72. The standard InChI is InChI=1S/C14H13NO5/c1-20-9-4-2-8(3-5-9)7-15-11(16)10-6-14(10,12(15)17)13(18)19/h2-5,10H,6-7H2,1H3,(H,18,19). The SMILES string of the molecule is COc1ccc(CN2C(=O)C3CC3(C(=O)O)C2=O)cc1. The lowest BCUT2D eigenvalue weighted by Crippen LogP contribution is -2.37. The molecule has 0 radical (unpaired) electrons. The minimum Gasteiger partial charge on any atom is -0.497 e. The summed E-state index contributed by atoms with van der Waals surface area (Å²) in [4.78, 5) is 36.4. The second kappa shape index (κ2) is 4.06. The number of aliphatic carboxylic acids is 1. The van der Waals surface area contributed by atoms with Crippen LogP contribution >= 0.6 is 0 Å². The number of hydrogen-bond acceptors (Lipinski definition) is 4. The van der Waals surface area contributed by atoms with Crippen LogP contribution in [-0.4, -0.2) is 34.9 Å². The number of carbonyl (C=O) groups excluding carboxylic acids is 2. The highest BCUT2D eigenvalue weighted by atomic mass is 16.5. The van der Waals surface area contributed by atoms with E-state index in [1.165, 1.54) is 0 Å².